The zero-order valence-corrected chi connectivity index (χ0v) is 16.0. The number of thioether (sulfide) groups is 1. The smallest absolute Gasteiger partial charge is 0.229 e. The van der Waals surface area contributed by atoms with E-state index in [-0.39, 0.29) is 29.5 Å². The second-order valence-corrected chi connectivity index (χ2v) is 7.96. The van der Waals surface area contributed by atoms with Crippen LogP contribution in [0.5, 0.6) is 5.75 Å². The van der Waals surface area contributed by atoms with E-state index in [0.29, 0.717) is 12.3 Å². The molecule has 27 heavy (non-hydrogen) atoms. The van der Waals surface area contributed by atoms with Gasteiger partial charge in [-0.15, -0.1) is 11.8 Å². The molecule has 2 unspecified atom stereocenters. The highest BCUT2D eigenvalue weighted by Gasteiger charge is 2.40. The van der Waals surface area contributed by atoms with Crippen LogP contribution in [-0.2, 0) is 9.59 Å². The van der Waals surface area contributed by atoms with Crippen molar-refractivity contribution in [2.45, 2.75) is 11.8 Å². The molecular formula is C21H22N2O3S. The molecule has 2 aliphatic rings. The van der Waals surface area contributed by atoms with Gasteiger partial charge in [0.1, 0.15) is 11.1 Å². The average molecular weight is 382 g/mol. The molecule has 2 aliphatic heterocycles. The summed E-state index contributed by atoms with van der Waals surface area (Å²) in [7, 11) is 1.60. The molecule has 2 atom stereocenters. The molecule has 4 rings (SSSR count). The van der Waals surface area contributed by atoms with Crippen LogP contribution in [0.3, 0.4) is 0 Å². The average Bonchev–Trinajstić information content (AvgIpc) is 3.35. The van der Waals surface area contributed by atoms with Crippen LogP contribution >= 0.6 is 11.8 Å². The molecule has 0 radical (unpaired) electrons. The summed E-state index contributed by atoms with van der Waals surface area (Å²) >= 11 is 1.78. The summed E-state index contributed by atoms with van der Waals surface area (Å²) in [6, 6.07) is 17.5. The van der Waals surface area contributed by atoms with E-state index in [2.05, 4.69) is 12.1 Å². The predicted octanol–water partition coefficient (Wildman–Crippen LogP) is 3.32. The first-order chi connectivity index (χ1) is 13.2. The lowest BCUT2D eigenvalue weighted by atomic mass is 10.1. The summed E-state index contributed by atoms with van der Waals surface area (Å²) in [4.78, 5) is 29.4. The minimum Gasteiger partial charge on any atom is -0.497 e. The number of methoxy groups -OCH3 is 1. The van der Waals surface area contributed by atoms with Crippen LogP contribution in [-0.4, -0.2) is 42.7 Å². The van der Waals surface area contributed by atoms with E-state index in [0.717, 1.165) is 23.5 Å². The Balaban J connectivity index is 1.50. The lowest BCUT2D eigenvalue weighted by Gasteiger charge is -2.26. The summed E-state index contributed by atoms with van der Waals surface area (Å²) in [5.74, 6) is 1.40. The van der Waals surface area contributed by atoms with Gasteiger partial charge in [0.05, 0.1) is 13.0 Å². The van der Waals surface area contributed by atoms with Crippen molar-refractivity contribution in [1.82, 2.24) is 4.90 Å². The molecule has 0 saturated carbocycles. The Morgan fingerprint density at radius 2 is 1.96 bits per heavy atom. The number of ether oxygens (including phenoxy) is 1. The lowest BCUT2D eigenvalue weighted by Crippen LogP contribution is -2.37. The Morgan fingerprint density at radius 3 is 2.74 bits per heavy atom. The van der Waals surface area contributed by atoms with Crippen LogP contribution in [0.15, 0.2) is 54.6 Å². The van der Waals surface area contributed by atoms with Gasteiger partial charge in [-0.1, -0.05) is 36.4 Å². The van der Waals surface area contributed by atoms with E-state index in [9.17, 15) is 9.59 Å². The second kappa shape index (κ2) is 7.64. The monoisotopic (exact) mass is 382 g/mol. The minimum absolute atomic E-state index is 0.00952. The maximum atomic E-state index is 13.2. The van der Waals surface area contributed by atoms with Crippen molar-refractivity contribution in [2.24, 2.45) is 5.92 Å². The number of rotatable bonds is 4. The summed E-state index contributed by atoms with van der Waals surface area (Å²) in [5.41, 5.74) is 1.92. The summed E-state index contributed by atoms with van der Waals surface area (Å²) < 4.78 is 5.25. The van der Waals surface area contributed by atoms with Crippen LogP contribution in [0, 0.1) is 5.92 Å². The van der Waals surface area contributed by atoms with Crippen LogP contribution < -0.4 is 9.64 Å². The van der Waals surface area contributed by atoms with Crippen molar-refractivity contribution >= 4 is 29.3 Å². The van der Waals surface area contributed by atoms with E-state index >= 15 is 0 Å². The Labute approximate surface area is 163 Å². The van der Waals surface area contributed by atoms with Gasteiger partial charge >= 0.3 is 0 Å². The molecule has 2 heterocycles. The van der Waals surface area contributed by atoms with Crippen LogP contribution in [0.2, 0.25) is 0 Å². The van der Waals surface area contributed by atoms with Crippen LogP contribution in [0.4, 0.5) is 5.69 Å². The third kappa shape index (κ3) is 3.54. The van der Waals surface area contributed by atoms with Gasteiger partial charge in [-0.3, -0.25) is 9.59 Å². The van der Waals surface area contributed by atoms with E-state index in [4.69, 9.17) is 4.74 Å². The van der Waals surface area contributed by atoms with Gasteiger partial charge in [0.15, 0.2) is 0 Å². The van der Waals surface area contributed by atoms with Gasteiger partial charge in [0.25, 0.3) is 0 Å². The standard InChI is InChI=1S/C21H22N2O3S/c1-26-18-9-5-8-17(13-18)23-14-16(12-19(23)24)20(25)22-10-11-27-21(22)15-6-3-2-4-7-15/h2-9,13,16,21H,10-12,14H2,1H3. The summed E-state index contributed by atoms with van der Waals surface area (Å²) in [6.45, 7) is 1.15. The molecule has 5 nitrogen and oxygen atoms in total. The number of amides is 2. The van der Waals surface area contributed by atoms with Crippen molar-refractivity contribution < 1.29 is 14.3 Å². The fraction of sp³-hybridized carbons (Fsp3) is 0.333. The molecule has 2 saturated heterocycles. The molecule has 2 aromatic carbocycles. The van der Waals surface area contributed by atoms with E-state index in [1.54, 1.807) is 23.8 Å². The Kier molecular flexibility index (Phi) is 5.07. The number of benzene rings is 2. The highest BCUT2D eigenvalue weighted by molar-refractivity contribution is 7.99. The molecule has 2 amide bonds. The van der Waals surface area contributed by atoms with E-state index < -0.39 is 0 Å². The van der Waals surface area contributed by atoms with Crippen molar-refractivity contribution in [3.63, 3.8) is 0 Å². The number of hydrogen-bond donors (Lipinski definition) is 0. The first-order valence-corrected chi connectivity index (χ1v) is 10.1. The molecule has 140 valence electrons. The molecule has 2 aromatic rings. The largest absolute Gasteiger partial charge is 0.497 e. The number of anilines is 1. The van der Waals surface area contributed by atoms with Gasteiger partial charge in [-0.25, -0.2) is 0 Å². The highest BCUT2D eigenvalue weighted by Crippen LogP contribution is 2.40. The van der Waals surface area contributed by atoms with Gasteiger partial charge in [0.2, 0.25) is 11.8 Å². The van der Waals surface area contributed by atoms with Crippen molar-refractivity contribution in [3.05, 3.63) is 60.2 Å². The minimum atomic E-state index is -0.298. The molecule has 0 spiro atoms. The van der Waals surface area contributed by atoms with E-state index in [1.165, 1.54) is 0 Å². The Bertz CT molecular complexity index is 842. The number of carbonyl (C=O) groups excluding carboxylic acids is 2. The zero-order valence-electron chi connectivity index (χ0n) is 15.2. The van der Waals surface area contributed by atoms with Crippen LogP contribution in [0.1, 0.15) is 17.4 Å². The first kappa shape index (κ1) is 17.9. The van der Waals surface area contributed by atoms with Gasteiger partial charge in [0, 0.05) is 37.0 Å². The summed E-state index contributed by atoms with van der Waals surface area (Å²) in [6.07, 6.45) is 0.263. The molecule has 0 aliphatic carbocycles. The maximum absolute atomic E-state index is 13.2. The maximum Gasteiger partial charge on any atom is 0.229 e. The molecular weight excluding hydrogens is 360 g/mol. The topological polar surface area (TPSA) is 49.9 Å². The number of carbonyl (C=O) groups is 2. The Hall–Kier alpha value is -2.47. The van der Waals surface area contributed by atoms with Crippen molar-refractivity contribution in [2.75, 3.05) is 30.9 Å². The van der Waals surface area contributed by atoms with E-state index in [1.807, 2.05) is 47.4 Å². The fourth-order valence-corrected chi connectivity index (χ4v) is 4.99. The zero-order chi connectivity index (χ0) is 18.8. The van der Waals surface area contributed by atoms with Gasteiger partial charge in [-0.2, -0.15) is 0 Å². The normalized spacial score (nSPS) is 22.3. The van der Waals surface area contributed by atoms with Crippen LogP contribution in [0.25, 0.3) is 0 Å². The van der Waals surface area contributed by atoms with Gasteiger partial charge in [-0.05, 0) is 17.7 Å². The van der Waals surface area contributed by atoms with Gasteiger partial charge < -0.3 is 14.5 Å². The fourth-order valence-electron chi connectivity index (χ4n) is 3.72. The second-order valence-electron chi connectivity index (χ2n) is 6.77. The molecule has 0 aromatic heterocycles. The number of hydrogen-bond acceptors (Lipinski definition) is 4. The quantitative estimate of drug-likeness (QED) is 0.814. The SMILES string of the molecule is COc1cccc(N2CC(C(=O)N3CCSC3c3ccccc3)CC2=O)c1. The number of nitrogens with zero attached hydrogens (tertiary/aromatic N) is 2. The third-order valence-electron chi connectivity index (χ3n) is 5.10. The third-order valence-corrected chi connectivity index (χ3v) is 6.36. The Morgan fingerprint density at radius 1 is 1.15 bits per heavy atom. The van der Waals surface area contributed by atoms with Crippen molar-refractivity contribution in [3.8, 4) is 5.75 Å². The first-order valence-electron chi connectivity index (χ1n) is 9.09. The predicted molar refractivity (Wildman–Crippen MR) is 107 cm³/mol. The summed E-state index contributed by atoms with van der Waals surface area (Å²) in [5, 5.41) is 0.0414. The van der Waals surface area contributed by atoms with Crippen molar-refractivity contribution in [1.29, 1.82) is 0 Å². The molecule has 0 bridgehead atoms. The molecule has 6 heteroatoms. The lowest BCUT2D eigenvalue weighted by molar-refractivity contribution is -0.136. The molecule has 2 fully saturated rings. The molecule has 0 N–H and O–H groups in total. The highest BCUT2D eigenvalue weighted by atomic mass is 32.2.